The normalized spacial score (nSPS) is 23.8. The van der Waals surface area contributed by atoms with Crippen molar-refractivity contribution in [2.75, 3.05) is 13.1 Å². The van der Waals surface area contributed by atoms with Crippen molar-refractivity contribution in [3.05, 3.63) is 40.1 Å². The van der Waals surface area contributed by atoms with E-state index in [1.54, 1.807) is 0 Å². The lowest BCUT2D eigenvalue weighted by atomic mass is 9.83. The van der Waals surface area contributed by atoms with Gasteiger partial charge in [0, 0.05) is 23.1 Å². The molecule has 2 fully saturated rings. The standard InChI is InChI=1S/C21H30BrFN2/c22-18(13-17-8-10-19(23)11-9-17)15-25-21(20-7-4-12-24-20)14-16-5-2-1-3-6-16/h8-11,13,16,20-21,24-25H,1-7,12,14-15H2. The van der Waals surface area contributed by atoms with Crippen LogP contribution in [0.3, 0.4) is 0 Å². The van der Waals surface area contributed by atoms with Crippen LogP contribution >= 0.6 is 15.9 Å². The fourth-order valence-electron chi connectivity index (χ4n) is 4.25. The van der Waals surface area contributed by atoms with Crippen molar-refractivity contribution in [2.45, 2.75) is 63.5 Å². The number of hydrogen-bond donors (Lipinski definition) is 2. The third-order valence-electron chi connectivity index (χ3n) is 5.62. The SMILES string of the molecule is Fc1ccc(C=C(Br)CNC(CC2CCCCC2)C2CCCN2)cc1. The van der Waals surface area contributed by atoms with E-state index in [9.17, 15) is 4.39 Å². The first-order valence-electron chi connectivity index (χ1n) is 9.79. The number of hydrogen-bond acceptors (Lipinski definition) is 2. The third kappa shape index (κ3) is 6.19. The topological polar surface area (TPSA) is 24.1 Å². The zero-order valence-electron chi connectivity index (χ0n) is 14.9. The molecule has 0 bridgehead atoms. The number of benzene rings is 1. The smallest absolute Gasteiger partial charge is 0.123 e. The van der Waals surface area contributed by atoms with E-state index in [4.69, 9.17) is 0 Å². The van der Waals surface area contributed by atoms with Crippen molar-refractivity contribution in [1.82, 2.24) is 10.6 Å². The average molecular weight is 409 g/mol. The maximum absolute atomic E-state index is 13.0. The zero-order valence-corrected chi connectivity index (χ0v) is 16.5. The maximum atomic E-state index is 13.0. The largest absolute Gasteiger partial charge is 0.312 e. The highest BCUT2D eigenvalue weighted by molar-refractivity contribution is 9.11. The lowest BCUT2D eigenvalue weighted by Crippen LogP contribution is -2.46. The molecule has 2 nitrogen and oxygen atoms in total. The van der Waals surface area contributed by atoms with Crippen LogP contribution < -0.4 is 10.6 Å². The molecule has 2 aliphatic rings. The second-order valence-corrected chi connectivity index (χ2v) is 8.59. The van der Waals surface area contributed by atoms with Gasteiger partial charge in [-0.3, -0.25) is 0 Å². The molecular weight excluding hydrogens is 379 g/mol. The second kappa shape index (κ2) is 9.84. The quantitative estimate of drug-likeness (QED) is 0.644. The van der Waals surface area contributed by atoms with Gasteiger partial charge in [0.25, 0.3) is 0 Å². The zero-order chi connectivity index (χ0) is 17.5. The molecule has 3 rings (SSSR count). The minimum atomic E-state index is -0.189. The molecule has 0 aromatic heterocycles. The molecular formula is C21H30BrFN2. The second-order valence-electron chi connectivity index (χ2n) is 7.57. The van der Waals surface area contributed by atoms with Crippen LogP contribution in [-0.2, 0) is 0 Å². The molecule has 25 heavy (non-hydrogen) atoms. The first-order valence-corrected chi connectivity index (χ1v) is 10.6. The van der Waals surface area contributed by atoms with Gasteiger partial charge in [-0.2, -0.15) is 0 Å². The monoisotopic (exact) mass is 408 g/mol. The molecule has 0 radical (unpaired) electrons. The van der Waals surface area contributed by atoms with E-state index in [1.165, 1.54) is 63.5 Å². The van der Waals surface area contributed by atoms with Crippen LogP contribution in [-0.4, -0.2) is 25.2 Å². The summed E-state index contributed by atoms with van der Waals surface area (Å²) in [6, 6.07) is 7.79. The number of halogens is 2. The first-order chi connectivity index (χ1) is 12.2. The van der Waals surface area contributed by atoms with E-state index in [1.807, 2.05) is 12.1 Å². The lowest BCUT2D eigenvalue weighted by Gasteiger charge is -2.31. The Morgan fingerprint density at radius 3 is 2.60 bits per heavy atom. The van der Waals surface area contributed by atoms with Crippen LogP contribution in [0.2, 0.25) is 0 Å². The Morgan fingerprint density at radius 1 is 1.16 bits per heavy atom. The summed E-state index contributed by atoms with van der Waals surface area (Å²) in [6.07, 6.45) is 13.0. The van der Waals surface area contributed by atoms with Gasteiger partial charge < -0.3 is 10.6 Å². The van der Waals surface area contributed by atoms with Crippen molar-refractivity contribution in [2.24, 2.45) is 5.92 Å². The van der Waals surface area contributed by atoms with Crippen LogP contribution in [0.5, 0.6) is 0 Å². The average Bonchev–Trinajstić information content (AvgIpc) is 3.16. The van der Waals surface area contributed by atoms with Gasteiger partial charge in [-0.05, 0) is 55.5 Å². The van der Waals surface area contributed by atoms with Crippen molar-refractivity contribution < 1.29 is 4.39 Å². The van der Waals surface area contributed by atoms with Crippen LogP contribution in [0.4, 0.5) is 4.39 Å². The third-order valence-corrected chi connectivity index (χ3v) is 6.13. The molecule has 2 unspecified atom stereocenters. The predicted octanol–water partition coefficient (Wildman–Crippen LogP) is 5.24. The summed E-state index contributed by atoms with van der Waals surface area (Å²) in [7, 11) is 0. The highest BCUT2D eigenvalue weighted by Crippen LogP contribution is 2.29. The van der Waals surface area contributed by atoms with Gasteiger partial charge >= 0.3 is 0 Å². The van der Waals surface area contributed by atoms with Gasteiger partial charge in [0.05, 0.1) is 0 Å². The Hall–Kier alpha value is -0.710. The maximum Gasteiger partial charge on any atom is 0.123 e. The van der Waals surface area contributed by atoms with Gasteiger partial charge in [0.2, 0.25) is 0 Å². The molecule has 1 aromatic rings. The molecule has 1 saturated heterocycles. The van der Waals surface area contributed by atoms with Crippen LogP contribution in [0.15, 0.2) is 28.7 Å². The molecule has 0 spiro atoms. The Balaban J connectivity index is 1.56. The van der Waals surface area contributed by atoms with E-state index in [2.05, 4.69) is 32.6 Å². The van der Waals surface area contributed by atoms with Gasteiger partial charge in [0.1, 0.15) is 5.82 Å². The van der Waals surface area contributed by atoms with Crippen LogP contribution in [0.25, 0.3) is 6.08 Å². The molecule has 1 aromatic carbocycles. The Morgan fingerprint density at radius 2 is 1.92 bits per heavy atom. The molecule has 2 N–H and O–H groups in total. The summed E-state index contributed by atoms with van der Waals surface area (Å²) in [5.74, 6) is 0.694. The molecule has 138 valence electrons. The summed E-state index contributed by atoms with van der Waals surface area (Å²) in [6.45, 7) is 1.98. The van der Waals surface area contributed by atoms with Crippen molar-refractivity contribution >= 4 is 22.0 Å². The highest BCUT2D eigenvalue weighted by atomic mass is 79.9. The molecule has 1 saturated carbocycles. The number of rotatable bonds is 7. The molecule has 4 heteroatoms. The number of nitrogens with one attached hydrogen (secondary N) is 2. The van der Waals surface area contributed by atoms with Crippen LogP contribution in [0, 0.1) is 11.7 Å². The van der Waals surface area contributed by atoms with E-state index < -0.39 is 0 Å². The Kier molecular flexibility index (Phi) is 7.50. The predicted molar refractivity (Wildman–Crippen MR) is 107 cm³/mol. The minimum Gasteiger partial charge on any atom is -0.312 e. The minimum absolute atomic E-state index is 0.189. The van der Waals surface area contributed by atoms with E-state index in [-0.39, 0.29) is 5.82 Å². The Labute approximate surface area is 159 Å². The van der Waals surface area contributed by atoms with E-state index in [0.29, 0.717) is 12.1 Å². The summed E-state index contributed by atoms with van der Waals surface area (Å²) >= 11 is 3.68. The van der Waals surface area contributed by atoms with Gasteiger partial charge in [-0.15, -0.1) is 0 Å². The Bertz CT molecular complexity index is 546. The molecule has 0 amide bonds. The summed E-state index contributed by atoms with van der Waals surface area (Å²) in [4.78, 5) is 0. The van der Waals surface area contributed by atoms with Crippen molar-refractivity contribution in [3.63, 3.8) is 0 Å². The van der Waals surface area contributed by atoms with Gasteiger partial charge in [-0.25, -0.2) is 4.39 Å². The van der Waals surface area contributed by atoms with Gasteiger partial charge in [0.15, 0.2) is 0 Å². The van der Waals surface area contributed by atoms with Crippen molar-refractivity contribution in [3.8, 4) is 0 Å². The first kappa shape index (κ1) is 19.1. The van der Waals surface area contributed by atoms with Crippen molar-refractivity contribution in [1.29, 1.82) is 0 Å². The van der Waals surface area contributed by atoms with E-state index in [0.717, 1.165) is 29.1 Å². The lowest BCUT2D eigenvalue weighted by molar-refractivity contribution is 0.273. The molecule has 1 aliphatic carbocycles. The van der Waals surface area contributed by atoms with Crippen LogP contribution in [0.1, 0.15) is 56.9 Å². The summed E-state index contributed by atoms with van der Waals surface area (Å²) < 4.78 is 14.1. The molecule has 1 aliphatic heterocycles. The van der Waals surface area contributed by atoms with E-state index >= 15 is 0 Å². The molecule has 2 atom stereocenters. The van der Waals surface area contributed by atoms with Gasteiger partial charge in [-0.1, -0.05) is 60.2 Å². The fourth-order valence-corrected chi connectivity index (χ4v) is 4.67. The highest BCUT2D eigenvalue weighted by Gasteiger charge is 2.27. The summed E-state index contributed by atoms with van der Waals surface area (Å²) in [5.41, 5.74) is 1.03. The fraction of sp³-hybridized carbons (Fsp3) is 0.619. The molecule has 1 heterocycles. The summed E-state index contributed by atoms with van der Waals surface area (Å²) in [5, 5.41) is 7.48.